The minimum absolute atomic E-state index is 0.0973. The second-order valence-electron chi connectivity index (χ2n) is 4.74. The van der Waals surface area contributed by atoms with Gasteiger partial charge >= 0.3 is 0 Å². The van der Waals surface area contributed by atoms with Crippen molar-refractivity contribution in [2.75, 3.05) is 13.1 Å². The summed E-state index contributed by atoms with van der Waals surface area (Å²) < 4.78 is 0. The Hall–Kier alpha value is -2.18. The van der Waals surface area contributed by atoms with Crippen molar-refractivity contribution >= 4 is 0 Å². The monoisotopic (exact) mass is 265 g/mol. The molecule has 3 heteroatoms. The molecule has 0 amide bonds. The van der Waals surface area contributed by atoms with Crippen LogP contribution in [0.25, 0.3) is 0 Å². The van der Waals surface area contributed by atoms with Gasteiger partial charge in [0.2, 0.25) is 0 Å². The SMILES string of the molecule is CCN(Cc1ccccn1)CC(C#N)c1ccccc1. The molecule has 1 unspecified atom stereocenters. The maximum Gasteiger partial charge on any atom is 0.0839 e. The van der Waals surface area contributed by atoms with E-state index in [0.717, 1.165) is 30.9 Å². The highest BCUT2D eigenvalue weighted by atomic mass is 15.1. The Morgan fingerprint density at radius 1 is 1.15 bits per heavy atom. The molecule has 0 aliphatic rings. The minimum atomic E-state index is -0.0973. The van der Waals surface area contributed by atoms with Crippen LogP contribution in [0.2, 0.25) is 0 Å². The highest BCUT2D eigenvalue weighted by Gasteiger charge is 2.15. The molecule has 2 aromatic rings. The molecule has 0 saturated heterocycles. The van der Waals surface area contributed by atoms with Gasteiger partial charge in [-0.05, 0) is 24.2 Å². The van der Waals surface area contributed by atoms with E-state index in [1.807, 2.05) is 54.7 Å². The van der Waals surface area contributed by atoms with E-state index in [1.165, 1.54) is 0 Å². The predicted octanol–water partition coefficient (Wildman–Crippen LogP) is 3.21. The summed E-state index contributed by atoms with van der Waals surface area (Å²) in [5.41, 5.74) is 2.12. The molecule has 0 fully saturated rings. The van der Waals surface area contributed by atoms with Crippen LogP contribution in [0.3, 0.4) is 0 Å². The van der Waals surface area contributed by atoms with Crippen molar-refractivity contribution in [3.8, 4) is 6.07 Å². The zero-order valence-electron chi connectivity index (χ0n) is 11.7. The van der Waals surface area contributed by atoms with Crippen LogP contribution >= 0.6 is 0 Å². The average Bonchev–Trinajstić information content (AvgIpc) is 2.53. The first-order valence-corrected chi connectivity index (χ1v) is 6.90. The highest BCUT2D eigenvalue weighted by molar-refractivity contribution is 5.25. The largest absolute Gasteiger partial charge is 0.296 e. The van der Waals surface area contributed by atoms with Crippen molar-refractivity contribution in [1.82, 2.24) is 9.88 Å². The molecular weight excluding hydrogens is 246 g/mol. The first-order valence-electron chi connectivity index (χ1n) is 6.90. The third-order valence-electron chi connectivity index (χ3n) is 3.36. The summed E-state index contributed by atoms with van der Waals surface area (Å²) in [6, 6.07) is 18.3. The standard InChI is InChI=1S/C17H19N3/c1-2-20(14-17-10-6-7-11-19-17)13-16(12-18)15-8-4-3-5-9-15/h3-11,16H,2,13-14H2,1H3. The van der Waals surface area contributed by atoms with Crippen LogP contribution in [0.1, 0.15) is 24.1 Å². The second kappa shape index (κ2) is 7.42. The Labute approximate surface area is 120 Å². The number of hydrogen-bond acceptors (Lipinski definition) is 3. The fraction of sp³-hybridized carbons (Fsp3) is 0.294. The van der Waals surface area contributed by atoms with Gasteiger partial charge in [-0.25, -0.2) is 0 Å². The average molecular weight is 265 g/mol. The molecule has 0 aliphatic carbocycles. The van der Waals surface area contributed by atoms with Gasteiger partial charge in [0.25, 0.3) is 0 Å². The Morgan fingerprint density at radius 3 is 2.50 bits per heavy atom. The fourth-order valence-corrected chi connectivity index (χ4v) is 2.19. The second-order valence-corrected chi connectivity index (χ2v) is 4.74. The summed E-state index contributed by atoms with van der Waals surface area (Å²) in [6.45, 7) is 4.53. The molecule has 0 spiro atoms. The van der Waals surface area contributed by atoms with Crippen molar-refractivity contribution in [3.05, 3.63) is 66.0 Å². The van der Waals surface area contributed by atoms with Crippen LogP contribution in [-0.4, -0.2) is 23.0 Å². The summed E-state index contributed by atoms with van der Waals surface area (Å²) in [5.74, 6) is -0.0973. The first kappa shape index (κ1) is 14.2. The van der Waals surface area contributed by atoms with Crippen LogP contribution in [0.15, 0.2) is 54.7 Å². The lowest BCUT2D eigenvalue weighted by molar-refractivity contribution is 0.271. The van der Waals surface area contributed by atoms with Gasteiger partial charge in [-0.2, -0.15) is 5.26 Å². The van der Waals surface area contributed by atoms with Gasteiger partial charge in [0.15, 0.2) is 0 Å². The van der Waals surface area contributed by atoms with E-state index < -0.39 is 0 Å². The topological polar surface area (TPSA) is 39.9 Å². The van der Waals surface area contributed by atoms with E-state index >= 15 is 0 Å². The van der Waals surface area contributed by atoms with Gasteiger partial charge in [-0.15, -0.1) is 0 Å². The number of likely N-dealkylation sites (N-methyl/N-ethyl adjacent to an activating group) is 1. The molecule has 1 atom stereocenters. The lowest BCUT2D eigenvalue weighted by Crippen LogP contribution is -2.28. The van der Waals surface area contributed by atoms with E-state index in [9.17, 15) is 5.26 Å². The van der Waals surface area contributed by atoms with Crippen LogP contribution in [0.5, 0.6) is 0 Å². The predicted molar refractivity (Wildman–Crippen MR) is 80.0 cm³/mol. The van der Waals surface area contributed by atoms with Crippen molar-refractivity contribution < 1.29 is 0 Å². The third-order valence-corrected chi connectivity index (χ3v) is 3.36. The number of nitrogens with zero attached hydrogens (tertiary/aromatic N) is 3. The first-order chi connectivity index (χ1) is 9.83. The molecule has 1 aromatic heterocycles. The fourth-order valence-electron chi connectivity index (χ4n) is 2.19. The molecule has 1 aromatic carbocycles. The van der Waals surface area contributed by atoms with Crippen molar-refractivity contribution in [2.45, 2.75) is 19.4 Å². The molecule has 3 nitrogen and oxygen atoms in total. The quantitative estimate of drug-likeness (QED) is 0.805. The molecule has 0 radical (unpaired) electrons. The van der Waals surface area contributed by atoms with Crippen LogP contribution in [-0.2, 0) is 6.54 Å². The molecular formula is C17H19N3. The minimum Gasteiger partial charge on any atom is -0.296 e. The van der Waals surface area contributed by atoms with E-state index in [2.05, 4.69) is 22.9 Å². The molecule has 0 N–H and O–H groups in total. The Morgan fingerprint density at radius 2 is 1.90 bits per heavy atom. The lowest BCUT2D eigenvalue weighted by atomic mass is 10.00. The van der Waals surface area contributed by atoms with Crippen LogP contribution < -0.4 is 0 Å². The number of pyridine rings is 1. The van der Waals surface area contributed by atoms with Gasteiger partial charge in [-0.3, -0.25) is 9.88 Å². The summed E-state index contributed by atoms with van der Waals surface area (Å²) in [6.07, 6.45) is 1.81. The smallest absolute Gasteiger partial charge is 0.0839 e. The third kappa shape index (κ3) is 3.91. The van der Waals surface area contributed by atoms with Crippen LogP contribution in [0, 0.1) is 11.3 Å². The zero-order valence-corrected chi connectivity index (χ0v) is 11.7. The number of nitriles is 1. The van der Waals surface area contributed by atoms with Gasteiger partial charge in [0.1, 0.15) is 0 Å². The maximum absolute atomic E-state index is 9.40. The summed E-state index contributed by atoms with van der Waals surface area (Å²) in [4.78, 5) is 6.60. The lowest BCUT2D eigenvalue weighted by Gasteiger charge is -2.22. The van der Waals surface area contributed by atoms with Crippen molar-refractivity contribution in [3.63, 3.8) is 0 Å². The maximum atomic E-state index is 9.40. The Balaban J connectivity index is 2.04. The van der Waals surface area contributed by atoms with Gasteiger partial charge < -0.3 is 0 Å². The molecule has 0 aliphatic heterocycles. The van der Waals surface area contributed by atoms with E-state index in [1.54, 1.807) is 0 Å². The Kier molecular flexibility index (Phi) is 5.28. The molecule has 2 rings (SSSR count). The molecule has 102 valence electrons. The molecule has 0 bridgehead atoms. The van der Waals surface area contributed by atoms with Crippen molar-refractivity contribution in [2.24, 2.45) is 0 Å². The molecule has 0 saturated carbocycles. The van der Waals surface area contributed by atoms with Crippen molar-refractivity contribution in [1.29, 1.82) is 5.26 Å². The van der Waals surface area contributed by atoms with E-state index in [0.29, 0.717) is 0 Å². The summed E-state index contributed by atoms with van der Waals surface area (Å²) >= 11 is 0. The van der Waals surface area contributed by atoms with E-state index in [4.69, 9.17) is 0 Å². The summed E-state index contributed by atoms with van der Waals surface area (Å²) in [5, 5.41) is 9.40. The number of hydrogen-bond donors (Lipinski definition) is 0. The zero-order chi connectivity index (χ0) is 14.2. The molecule has 1 heterocycles. The van der Waals surface area contributed by atoms with Crippen LogP contribution in [0.4, 0.5) is 0 Å². The van der Waals surface area contributed by atoms with Gasteiger partial charge in [-0.1, -0.05) is 43.3 Å². The van der Waals surface area contributed by atoms with E-state index in [-0.39, 0.29) is 5.92 Å². The number of benzene rings is 1. The van der Waals surface area contributed by atoms with Gasteiger partial charge in [0, 0.05) is 19.3 Å². The number of aromatic nitrogens is 1. The van der Waals surface area contributed by atoms with Gasteiger partial charge in [0.05, 0.1) is 17.7 Å². The number of rotatable bonds is 6. The highest BCUT2D eigenvalue weighted by Crippen LogP contribution is 2.17. The Bertz CT molecular complexity index is 545. The molecule has 20 heavy (non-hydrogen) atoms. The summed E-state index contributed by atoms with van der Waals surface area (Å²) in [7, 11) is 0. The normalized spacial score (nSPS) is 12.1.